The summed E-state index contributed by atoms with van der Waals surface area (Å²) in [5, 5.41) is 6.57. The fourth-order valence-corrected chi connectivity index (χ4v) is 2.05. The van der Waals surface area contributed by atoms with E-state index in [-0.39, 0.29) is 0 Å². The molecule has 1 aromatic heterocycles. The summed E-state index contributed by atoms with van der Waals surface area (Å²) >= 11 is 0. The molecule has 106 valence electrons. The first kappa shape index (κ1) is 13.9. The summed E-state index contributed by atoms with van der Waals surface area (Å²) in [6, 6.07) is 0. The molecule has 0 amide bonds. The van der Waals surface area contributed by atoms with Crippen molar-refractivity contribution in [2.24, 2.45) is 5.92 Å². The number of nitrogens with zero attached hydrogens (tertiary/aromatic N) is 2. The Morgan fingerprint density at radius 3 is 2.79 bits per heavy atom. The minimum absolute atomic E-state index is 0.548. The van der Waals surface area contributed by atoms with Crippen LogP contribution in [0.3, 0.4) is 0 Å². The molecule has 2 heterocycles. The number of ether oxygens (including phenoxy) is 2. The summed E-state index contributed by atoms with van der Waals surface area (Å²) in [6.45, 7) is 5.50. The van der Waals surface area contributed by atoms with E-state index in [1.807, 2.05) is 0 Å². The zero-order valence-corrected chi connectivity index (χ0v) is 11.6. The Bertz CT molecular complexity index is 394. The van der Waals surface area contributed by atoms with E-state index in [9.17, 15) is 0 Å². The predicted octanol–water partition coefficient (Wildman–Crippen LogP) is 1.76. The van der Waals surface area contributed by atoms with Crippen LogP contribution in [0.5, 0.6) is 5.75 Å². The Kier molecular flexibility index (Phi) is 5.20. The molecule has 0 spiro atoms. The number of anilines is 2. The molecule has 1 aliphatic rings. The van der Waals surface area contributed by atoms with Crippen molar-refractivity contribution in [1.29, 1.82) is 0 Å². The van der Waals surface area contributed by atoms with Gasteiger partial charge in [0.25, 0.3) is 0 Å². The molecule has 19 heavy (non-hydrogen) atoms. The largest absolute Gasteiger partial charge is 0.490 e. The second-order valence-corrected chi connectivity index (χ2v) is 4.64. The van der Waals surface area contributed by atoms with Gasteiger partial charge < -0.3 is 20.1 Å². The van der Waals surface area contributed by atoms with E-state index >= 15 is 0 Å². The number of nitrogens with one attached hydrogen (secondary N) is 2. The molecule has 1 aliphatic heterocycles. The molecular weight excluding hydrogens is 244 g/mol. The number of methoxy groups -OCH3 is 1. The van der Waals surface area contributed by atoms with Gasteiger partial charge in [-0.2, -0.15) is 0 Å². The maximum Gasteiger partial charge on any atom is 0.204 e. The smallest absolute Gasteiger partial charge is 0.204 e. The molecule has 6 heteroatoms. The van der Waals surface area contributed by atoms with Gasteiger partial charge in [0.2, 0.25) is 5.75 Å². The molecule has 6 nitrogen and oxygen atoms in total. The Labute approximate surface area is 113 Å². The molecule has 0 saturated carbocycles. The van der Waals surface area contributed by atoms with Crippen LogP contribution >= 0.6 is 0 Å². The van der Waals surface area contributed by atoms with Gasteiger partial charge in [0.05, 0.1) is 13.7 Å². The van der Waals surface area contributed by atoms with Crippen LogP contribution in [0.25, 0.3) is 0 Å². The lowest BCUT2D eigenvalue weighted by Crippen LogP contribution is -2.16. The third-order valence-corrected chi connectivity index (χ3v) is 3.13. The van der Waals surface area contributed by atoms with Crippen molar-refractivity contribution in [2.75, 3.05) is 44.0 Å². The van der Waals surface area contributed by atoms with E-state index in [4.69, 9.17) is 9.47 Å². The monoisotopic (exact) mass is 266 g/mol. The van der Waals surface area contributed by atoms with Crippen molar-refractivity contribution in [3.63, 3.8) is 0 Å². The first-order valence-corrected chi connectivity index (χ1v) is 6.79. The summed E-state index contributed by atoms with van der Waals surface area (Å²) in [7, 11) is 1.64. The summed E-state index contributed by atoms with van der Waals surface area (Å²) in [5.74, 6) is 2.70. The molecule has 0 aromatic carbocycles. The number of hydrogen-bond acceptors (Lipinski definition) is 6. The summed E-state index contributed by atoms with van der Waals surface area (Å²) in [5.41, 5.74) is 0. The molecular formula is C13H22N4O2. The minimum atomic E-state index is 0.548. The lowest BCUT2D eigenvalue weighted by molar-refractivity contribution is 0.187. The van der Waals surface area contributed by atoms with Gasteiger partial charge in [-0.1, -0.05) is 6.92 Å². The predicted molar refractivity (Wildman–Crippen MR) is 74.8 cm³/mol. The van der Waals surface area contributed by atoms with Crippen molar-refractivity contribution < 1.29 is 9.47 Å². The molecule has 1 aromatic rings. The van der Waals surface area contributed by atoms with E-state index in [1.165, 1.54) is 0 Å². The van der Waals surface area contributed by atoms with Crippen molar-refractivity contribution in [2.45, 2.75) is 19.8 Å². The lowest BCUT2D eigenvalue weighted by atomic mass is 10.1. The van der Waals surface area contributed by atoms with Gasteiger partial charge in [0.1, 0.15) is 6.33 Å². The quantitative estimate of drug-likeness (QED) is 0.783. The Balaban J connectivity index is 2.01. The van der Waals surface area contributed by atoms with Crippen LogP contribution in [0.1, 0.15) is 19.8 Å². The second-order valence-electron chi connectivity index (χ2n) is 4.64. The van der Waals surface area contributed by atoms with Crippen LogP contribution in [0, 0.1) is 5.92 Å². The van der Waals surface area contributed by atoms with Gasteiger partial charge in [0.15, 0.2) is 11.6 Å². The number of hydrogen-bond donors (Lipinski definition) is 2. The third-order valence-electron chi connectivity index (χ3n) is 3.13. The number of rotatable bonds is 7. The molecule has 1 unspecified atom stereocenters. The highest BCUT2D eigenvalue weighted by Gasteiger charge is 2.17. The van der Waals surface area contributed by atoms with Crippen molar-refractivity contribution in [3.05, 3.63) is 6.33 Å². The van der Waals surface area contributed by atoms with E-state index in [0.717, 1.165) is 50.8 Å². The Hall–Kier alpha value is -1.56. The van der Waals surface area contributed by atoms with E-state index in [0.29, 0.717) is 11.7 Å². The van der Waals surface area contributed by atoms with Gasteiger partial charge in [0, 0.05) is 25.6 Å². The molecule has 2 N–H and O–H groups in total. The molecule has 1 saturated heterocycles. The van der Waals surface area contributed by atoms with Gasteiger partial charge >= 0.3 is 0 Å². The van der Waals surface area contributed by atoms with Crippen LogP contribution in [0.15, 0.2) is 6.33 Å². The minimum Gasteiger partial charge on any atom is -0.490 e. The maximum absolute atomic E-state index is 5.41. The van der Waals surface area contributed by atoms with Gasteiger partial charge in [-0.25, -0.2) is 9.97 Å². The fraction of sp³-hybridized carbons (Fsp3) is 0.692. The van der Waals surface area contributed by atoms with E-state index < -0.39 is 0 Å². The lowest BCUT2D eigenvalue weighted by Gasteiger charge is -2.15. The molecule has 0 bridgehead atoms. The van der Waals surface area contributed by atoms with Crippen LogP contribution in [0.4, 0.5) is 11.6 Å². The van der Waals surface area contributed by atoms with Crippen molar-refractivity contribution in [1.82, 2.24) is 9.97 Å². The highest BCUT2D eigenvalue weighted by Crippen LogP contribution is 2.29. The van der Waals surface area contributed by atoms with Gasteiger partial charge in [-0.15, -0.1) is 0 Å². The van der Waals surface area contributed by atoms with E-state index in [1.54, 1.807) is 13.4 Å². The second kappa shape index (κ2) is 7.13. The third kappa shape index (κ3) is 3.70. The average molecular weight is 266 g/mol. The molecule has 2 rings (SSSR count). The van der Waals surface area contributed by atoms with Crippen LogP contribution in [-0.4, -0.2) is 43.4 Å². The molecule has 0 aliphatic carbocycles. The topological polar surface area (TPSA) is 68.3 Å². The summed E-state index contributed by atoms with van der Waals surface area (Å²) < 4.78 is 10.8. The molecule has 0 radical (unpaired) electrons. The molecule has 1 fully saturated rings. The summed E-state index contributed by atoms with van der Waals surface area (Å²) in [6.07, 6.45) is 3.69. The Morgan fingerprint density at radius 1 is 1.37 bits per heavy atom. The first-order chi connectivity index (χ1) is 9.35. The van der Waals surface area contributed by atoms with Gasteiger partial charge in [-0.3, -0.25) is 0 Å². The molecule has 1 atom stereocenters. The normalized spacial score (nSPS) is 18.3. The standard InChI is InChI=1S/C13H22N4O2/c1-3-5-14-12-11(18-2)13(17-9-16-12)15-7-10-4-6-19-8-10/h9-10H,3-8H2,1-2H3,(H2,14,15,16,17). The van der Waals surface area contributed by atoms with Crippen LogP contribution in [0.2, 0.25) is 0 Å². The number of aromatic nitrogens is 2. The first-order valence-electron chi connectivity index (χ1n) is 6.79. The van der Waals surface area contributed by atoms with Crippen LogP contribution < -0.4 is 15.4 Å². The highest BCUT2D eigenvalue weighted by molar-refractivity contribution is 5.63. The van der Waals surface area contributed by atoms with E-state index in [2.05, 4.69) is 27.5 Å². The maximum atomic E-state index is 5.41. The van der Waals surface area contributed by atoms with Crippen molar-refractivity contribution in [3.8, 4) is 5.75 Å². The van der Waals surface area contributed by atoms with Crippen LogP contribution in [-0.2, 0) is 4.74 Å². The fourth-order valence-electron chi connectivity index (χ4n) is 2.05. The van der Waals surface area contributed by atoms with Crippen molar-refractivity contribution >= 4 is 11.6 Å². The summed E-state index contributed by atoms with van der Waals surface area (Å²) in [4.78, 5) is 8.47. The average Bonchev–Trinajstić information content (AvgIpc) is 2.96. The Morgan fingerprint density at radius 2 is 2.16 bits per heavy atom. The zero-order valence-electron chi connectivity index (χ0n) is 11.6. The zero-order chi connectivity index (χ0) is 13.5. The highest BCUT2D eigenvalue weighted by atomic mass is 16.5. The SMILES string of the molecule is CCCNc1ncnc(NCC2CCOC2)c1OC. The van der Waals surface area contributed by atoms with Gasteiger partial charge in [-0.05, 0) is 12.8 Å².